The second-order valence-corrected chi connectivity index (χ2v) is 6.27. The summed E-state index contributed by atoms with van der Waals surface area (Å²) in [6.07, 6.45) is 7.35. The molecule has 2 aliphatic rings. The van der Waals surface area contributed by atoms with Gasteiger partial charge in [-0.3, -0.25) is 9.48 Å². The maximum atomic E-state index is 11.7. The van der Waals surface area contributed by atoms with Gasteiger partial charge >= 0.3 is 0 Å². The lowest BCUT2D eigenvalue weighted by molar-refractivity contribution is -0.110. The second-order valence-electron chi connectivity index (χ2n) is 6.27. The first-order chi connectivity index (χ1) is 10.6. The van der Waals surface area contributed by atoms with Crippen LogP contribution in [0.15, 0.2) is 54.1 Å². The van der Waals surface area contributed by atoms with Gasteiger partial charge in [0.2, 0.25) is 0 Å². The Balaban J connectivity index is 1.93. The molecule has 22 heavy (non-hydrogen) atoms. The number of fused-ring (bicyclic) bond motifs is 3. The molecule has 1 atom stereocenters. The van der Waals surface area contributed by atoms with E-state index in [0.29, 0.717) is 0 Å². The molecule has 0 spiro atoms. The maximum absolute atomic E-state index is 11.7. The number of aryl methyl sites for hydroxylation is 1. The first-order valence-electron chi connectivity index (χ1n) is 7.65. The molecule has 1 heterocycles. The minimum Gasteiger partial charge on any atom is -0.290 e. The van der Waals surface area contributed by atoms with Crippen LogP contribution in [0, 0.1) is 0 Å². The number of nitrogens with zero attached hydrogens (tertiary/aromatic N) is 2. The molecular formula is C19H18N2O. The highest BCUT2D eigenvalue weighted by Crippen LogP contribution is 2.45. The van der Waals surface area contributed by atoms with Crippen molar-refractivity contribution in [2.75, 3.05) is 0 Å². The van der Waals surface area contributed by atoms with Crippen LogP contribution in [0.4, 0.5) is 0 Å². The highest BCUT2D eigenvalue weighted by atomic mass is 16.1. The van der Waals surface area contributed by atoms with Gasteiger partial charge in [0.05, 0.1) is 16.8 Å². The summed E-state index contributed by atoms with van der Waals surface area (Å²) >= 11 is 0. The Morgan fingerprint density at radius 2 is 1.95 bits per heavy atom. The molecule has 0 N–H and O–H groups in total. The van der Waals surface area contributed by atoms with Crippen molar-refractivity contribution in [3.8, 4) is 11.3 Å². The number of ketones is 1. The molecule has 0 aliphatic heterocycles. The highest BCUT2D eigenvalue weighted by Gasteiger charge is 2.40. The fourth-order valence-electron chi connectivity index (χ4n) is 3.73. The Morgan fingerprint density at radius 1 is 1.18 bits per heavy atom. The topological polar surface area (TPSA) is 34.9 Å². The zero-order valence-corrected chi connectivity index (χ0v) is 12.8. The molecule has 0 saturated heterocycles. The molecular weight excluding hydrogens is 272 g/mol. The van der Waals surface area contributed by atoms with E-state index >= 15 is 0 Å². The average molecular weight is 290 g/mol. The van der Waals surface area contributed by atoms with Crippen molar-refractivity contribution in [1.82, 2.24) is 9.78 Å². The quantitative estimate of drug-likeness (QED) is 0.807. The van der Waals surface area contributed by atoms with Crippen molar-refractivity contribution in [3.63, 3.8) is 0 Å². The normalized spacial score (nSPS) is 23.0. The van der Waals surface area contributed by atoms with E-state index in [1.165, 1.54) is 22.4 Å². The van der Waals surface area contributed by atoms with E-state index in [0.717, 1.165) is 18.5 Å². The van der Waals surface area contributed by atoms with Crippen LogP contribution in [0.3, 0.4) is 0 Å². The summed E-state index contributed by atoms with van der Waals surface area (Å²) in [6, 6.07) is 10.4. The van der Waals surface area contributed by atoms with Gasteiger partial charge in [-0.15, -0.1) is 0 Å². The van der Waals surface area contributed by atoms with Crippen LogP contribution in [-0.4, -0.2) is 15.6 Å². The number of carbonyl (C=O) groups excluding carboxylic acids is 1. The van der Waals surface area contributed by atoms with E-state index < -0.39 is 0 Å². The molecule has 1 aromatic carbocycles. The van der Waals surface area contributed by atoms with Crippen molar-refractivity contribution in [2.45, 2.75) is 25.2 Å². The van der Waals surface area contributed by atoms with Gasteiger partial charge in [-0.05, 0) is 31.9 Å². The first-order valence-corrected chi connectivity index (χ1v) is 7.65. The largest absolute Gasteiger partial charge is 0.290 e. The summed E-state index contributed by atoms with van der Waals surface area (Å²) in [5, 5.41) is 4.82. The van der Waals surface area contributed by atoms with E-state index in [1.807, 2.05) is 23.9 Å². The van der Waals surface area contributed by atoms with Crippen LogP contribution in [0.25, 0.3) is 11.3 Å². The van der Waals surface area contributed by atoms with Crippen molar-refractivity contribution in [1.29, 1.82) is 0 Å². The first kappa shape index (κ1) is 13.3. The number of rotatable bonds is 1. The number of carbonyl (C=O) groups is 1. The summed E-state index contributed by atoms with van der Waals surface area (Å²) < 4.78 is 1.98. The van der Waals surface area contributed by atoms with E-state index in [-0.39, 0.29) is 11.2 Å². The number of aromatic nitrogens is 2. The van der Waals surface area contributed by atoms with Crippen molar-refractivity contribution in [3.05, 3.63) is 65.4 Å². The lowest BCUT2D eigenvalue weighted by atomic mass is 9.68. The number of allylic oxidation sites excluding steroid dienone is 4. The maximum Gasteiger partial charge on any atom is 0.178 e. The second kappa shape index (κ2) is 4.54. The summed E-state index contributed by atoms with van der Waals surface area (Å²) in [7, 11) is 2.01. The molecule has 0 fully saturated rings. The number of hydrogen-bond donors (Lipinski definition) is 0. The van der Waals surface area contributed by atoms with Gasteiger partial charge in [0.1, 0.15) is 0 Å². The smallest absolute Gasteiger partial charge is 0.178 e. The molecule has 0 radical (unpaired) electrons. The van der Waals surface area contributed by atoms with Gasteiger partial charge in [0, 0.05) is 18.2 Å². The Bertz CT molecular complexity index is 827. The van der Waals surface area contributed by atoms with Crippen molar-refractivity contribution >= 4 is 5.78 Å². The Hall–Kier alpha value is -2.42. The summed E-state index contributed by atoms with van der Waals surface area (Å²) in [5.41, 5.74) is 5.74. The molecule has 4 rings (SSSR count). The third kappa shape index (κ3) is 1.75. The third-order valence-corrected chi connectivity index (χ3v) is 4.89. The molecule has 3 heteroatoms. The van der Waals surface area contributed by atoms with Gasteiger partial charge in [-0.25, -0.2) is 0 Å². The van der Waals surface area contributed by atoms with Gasteiger partial charge in [-0.1, -0.05) is 42.0 Å². The Morgan fingerprint density at radius 3 is 2.73 bits per heavy atom. The fourth-order valence-corrected chi connectivity index (χ4v) is 3.73. The van der Waals surface area contributed by atoms with Crippen molar-refractivity contribution < 1.29 is 4.79 Å². The van der Waals surface area contributed by atoms with E-state index in [1.54, 1.807) is 12.2 Å². The van der Waals surface area contributed by atoms with Gasteiger partial charge in [-0.2, -0.15) is 5.10 Å². The lowest BCUT2D eigenvalue weighted by Crippen LogP contribution is -2.31. The molecule has 1 unspecified atom stereocenters. The number of benzene rings is 1. The average Bonchev–Trinajstić information content (AvgIpc) is 2.86. The zero-order chi connectivity index (χ0) is 15.3. The zero-order valence-electron chi connectivity index (χ0n) is 12.8. The van der Waals surface area contributed by atoms with E-state index in [2.05, 4.69) is 31.2 Å². The Kier molecular flexibility index (Phi) is 2.73. The van der Waals surface area contributed by atoms with Gasteiger partial charge in [0.15, 0.2) is 5.78 Å². The SMILES string of the molecule is Cn1nc2c(c1-c1ccccc1)CCC1=CC(=O)C=CC12C. The monoisotopic (exact) mass is 290 g/mol. The van der Waals surface area contributed by atoms with Crippen molar-refractivity contribution in [2.24, 2.45) is 7.05 Å². The van der Waals surface area contributed by atoms with Crippen LogP contribution in [0.5, 0.6) is 0 Å². The standard InChI is InChI=1S/C19H18N2O/c1-19-11-10-15(22)12-14(19)8-9-16-17(21(2)20-18(16)19)13-6-4-3-5-7-13/h3-7,10-12H,8-9H2,1-2H3. The molecule has 3 nitrogen and oxygen atoms in total. The summed E-state index contributed by atoms with van der Waals surface area (Å²) in [5.74, 6) is 0.0927. The predicted octanol–water partition coefficient (Wildman–Crippen LogP) is 3.36. The van der Waals surface area contributed by atoms with Crippen LogP contribution in [0.2, 0.25) is 0 Å². The predicted molar refractivity (Wildman–Crippen MR) is 86.5 cm³/mol. The molecule has 110 valence electrons. The summed E-state index contributed by atoms with van der Waals surface area (Å²) in [4.78, 5) is 11.7. The van der Waals surface area contributed by atoms with E-state index in [4.69, 9.17) is 5.10 Å². The minimum atomic E-state index is -0.244. The number of hydrogen-bond acceptors (Lipinski definition) is 2. The van der Waals surface area contributed by atoms with Crippen LogP contribution in [0.1, 0.15) is 24.6 Å². The third-order valence-electron chi connectivity index (χ3n) is 4.89. The molecule has 2 aliphatic carbocycles. The van der Waals surface area contributed by atoms with Gasteiger partial charge < -0.3 is 0 Å². The van der Waals surface area contributed by atoms with Crippen LogP contribution >= 0.6 is 0 Å². The highest BCUT2D eigenvalue weighted by molar-refractivity contribution is 6.01. The van der Waals surface area contributed by atoms with Crippen LogP contribution < -0.4 is 0 Å². The lowest BCUT2D eigenvalue weighted by Gasteiger charge is -2.34. The molecule has 2 aromatic rings. The molecule has 0 amide bonds. The molecule has 0 bridgehead atoms. The summed E-state index contributed by atoms with van der Waals surface area (Å²) in [6.45, 7) is 2.17. The molecule has 0 saturated carbocycles. The van der Waals surface area contributed by atoms with Gasteiger partial charge in [0.25, 0.3) is 0 Å². The molecule has 1 aromatic heterocycles. The van der Waals surface area contributed by atoms with E-state index in [9.17, 15) is 4.79 Å². The minimum absolute atomic E-state index is 0.0927. The fraction of sp³-hybridized carbons (Fsp3) is 0.263. The van der Waals surface area contributed by atoms with Crippen LogP contribution in [-0.2, 0) is 23.7 Å². The Labute approximate surface area is 130 Å².